The molecule has 1 amide bonds. The van der Waals surface area contributed by atoms with E-state index in [0.717, 1.165) is 5.56 Å². The molecular weight excluding hydrogens is 260 g/mol. The van der Waals surface area contributed by atoms with Gasteiger partial charge in [0.2, 0.25) is 0 Å². The Balaban J connectivity index is 3.09. The summed E-state index contributed by atoms with van der Waals surface area (Å²) in [6.07, 6.45) is 0. The SMILES string of the molecule is C[C@H](/N=C(\C(=O)NC(C)(C)C)C(C)(C)C)c1ccccc1. The third kappa shape index (κ3) is 5.70. The molecule has 0 unspecified atom stereocenters. The van der Waals surface area contributed by atoms with Crippen LogP contribution in [0.4, 0.5) is 0 Å². The topological polar surface area (TPSA) is 41.5 Å². The number of aliphatic imine (C=N–C) groups is 1. The summed E-state index contributed by atoms with van der Waals surface area (Å²) < 4.78 is 0. The van der Waals surface area contributed by atoms with Crippen molar-refractivity contribution < 1.29 is 4.79 Å². The molecule has 0 fully saturated rings. The zero-order chi connectivity index (χ0) is 16.3. The minimum atomic E-state index is -0.293. The van der Waals surface area contributed by atoms with Crippen molar-refractivity contribution in [3.8, 4) is 0 Å². The predicted octanol–water partition coefficient (Wildman–Crippen LogP) is 4.15. The Hall–Kier alpha value is -1.64. The van der Waals surface area contributed by atoms with Gasteiger partial charge in [0.1, 0.15) is 5.71 Å². The fourth-order valence-corrected chi connectivity index (χ4v) is 1.99. The predicted molar refractivity (Wildman–Crippen MR) is 89.6 cm³/mol. The molecule has 0 aliphatic heterocycles. The molecule has 0 aliphatic carbocycles. The van der Waals surface area contributed by atoms with Crippen molar-refractivity contribution in [1.29, 1.82) is 0 Å². The maximum absolute atomic E-state index is 12.5. The monoisotopic (exact) mass is 288 g/mol. The van der Waals surface area contributed by atoms with Crippen molar-refractivity contribution in [2.45, 2.75) is 60.0 Å². The quantitative estimate of drug-likeness (QED) is 0.834. The Morgan fingerprint density at radius 3 is 2.00 bits per heavy atom. The zero-order valence-corrected chi connectivity index (χ0v) is 14.3. The molecule has 0 saturated heterocycles. The van der Waals surface area contributed by atoms with Crippen LogP contribution in [0.25, 0.3) is 0 Å². The standard InChI is InChI=1S/C18H28N2O/c1-13(14-11-9-8-10-12-14)19-15(17(2,3)4)16(21)20-18(5,6)7/h8-13H,1-7H3,(H,20,21)/b19-15+/t13-/m0/s1. The lowest BCUT2D eigenvalue weighted by molar-refractivity contribution is -0.116. The van der Waals surface area contributed by atoms with E-state index in [2.05, 4.69) is 5.32 Å². The molecule has 1 aromatic rings. The van der Waals surface area contributed by atoms with Gasteiger partial charge in [-0.05, 0) is 33.3 Å². The second-order valence-electron chi connectivity index (χ2n) is 7.52. The Morgan fingerprint density at radius 2 is 1.57 bits per heavy atom. The summed E-state index contributed by atoms with van der Waals surface area (Å²) in [5.74, 6) is -0.0854. The van der Waals surface area contributed by atoms with Gasteiger partial charge < -0.3 is 5.32 Å². The maximum Gasteiger partial charge on any atom is 0.266 e. The molecule has 0 aliphatic rings. The number of carbonyl (C=O) groups is 1. The third-order valence-corrected chi connectivity index (χ3v) is 3.02. The lowest BCUT2D eigenvalue weighted by Gasteiger charge is -2.27. The van der Waals surface area contributed by atoms with Crippen molar-refractivity contribution in [2.24, 2.45) is 10.4 Å². The molecular formula is C18H28N2O. The Kier molecular flexibility index (Phi) is 5.32. The third-order valence-electron chi connectivity index (χ3n) is 3.02. The highest BCUT2D eigenvalue weighted by Crippen LogP contribution is 2.23. The van der Waals surface area contributed by atoms with E-state index in [-0.39, 0.29) is 22.9 Å². The largest absolute Gasteiger partial charge is 0.346 e. The first-order valence-electron chi connectivity index (χ1n) is 7.46. The molecule has 1 N–H and O–H groups in total. The van der Waals surface area contributed by atoms with Crippen LogP contribution < -0.4 is 5.32 Å². The fraction of sp³-hybridized carbons (Fsp3) is 0.556. The Bertz CT molecular complexity index is 504. The molecule has 0 bridgehead atoms. The van der Waals surface area contributed by atoms with E-state index >= 15 is 0 Å². The number of nitrogens with zero attached hydrogens (tertiary/aromatic N) is 1. The van der Waals surface area contributed by atoms with Crippen molar-refractivity contribution in [1.82, 2.24) is 5.32 Å². The van der Waals surface area contributed by atoms with Crippen molar-refractivity contribution in [2.75, 3.05) is 0 Å². The molecule has 21 heavy (non-hydrogen) atoms. The normalized spacial score (nSPS) is 14.7. The smallest absolute Gasteiger partial charge is 0.266 e. The van der Waals surface area contributed by atoms with Gasteiger partial charge in [0, 0.05) is 11.0 Å². The van der Waals surface area contributed by atoms with Crippen LogP contribution in [0.5, 0.6) is 0 Å². The van der Waals surface area contributed by atoms with Crippen LogP contribution in [0.1, 0.15) is 60.1 Å². The number of nitrogens with one attached hydrogen (secondary N) is 1. The van der Waals surface area contributed by atoms with Crippen LogP contribution in [0, 0.1) is 5.41 Å². The van der Waals surface area contributed by atoms with Crippen LogP contribution in [-0.4, -0.2) is 17.2 Å². The van der Waals surface area contributed by atoms with Crippen molar-refractivity contribution >= 4 is 11.6 Å². The maximum atomic E-state index is 12.5. The van der Waals surface area contributed by atoms with E-state index in [4.69, 9.17) is 4.99 Å². The van der Waals surface area contributed by atoms with Crippen molar-refractivity contribution in [3.05, 3.63) is 35.9 Å². The summed E-state index contributed by atoms with van der Waals surface area (Å²) >= 11 is 0. The van der Waals surface area contributed by atoms with Gasteiger partial charge in [-0.1, -0.05) is 51.1 Å². The first-order valence-corrected chi connectivity index (χ1v) is 7.46. The summed E-state index contributed by atoms with van der Waals surface area (Å²) in [6, 6.07) is 10.0. The average Bonchev–Trinajstić information content (AvgIpc) is 2.33. The summed E-state index contributed by atoms with van der Waals surface area (Å²) in [7, 11) is 0. The highest BCUT2D eigenvalue weighted by molar-refractivity contribution is 6.40. The van der Waals surface area contributed by atoms with Gasteiger partial charge in [0.25, 0.3) is 5.91 Å². The van der Waals surface area contributed by atoms with Crippen LogP contribution in [-0.2, 0) is 4.79 Å². The molecule has 1 atom stereocenters. The van der Waals surface area contributed by atoms with Gasteiger partial charge >= 0.3 is 0 Å². The van der Waals surface area contributed by atoms with E-state index in [1.807, 2.05) is 78.8 Å². The molecule has 116 valence electrons. The molecule has 1 aromatic carbocycles. The Morgan fingerprint density at radius 1 is 1.05 bits per heavy atom. The summed E-state index contributed by atoms with van der Waals surface area (Å²) in [5, 5.41) is 3.01. The lowest BCUT2D eigenvalue weighted by Crippen LogP contribution is -2.47. The number of hydrogen-bond acceptors (Lipinski definition) is 2. The number of hydrogen-bond donors (Lipinski definition) is 1. The van der Waals surface area contributed by atoms with E-state index in [1.54, 1.807) is 0 Å². The first-order chi connectivity index (χ1) is 9.50. The summed E-state index contributed by atoms with van der Waals surface area (Å²) in [5.41, 5.74) is 1.15. The molecule has 0 spiro atoms. The van der Waals surface area contributed by atoms with Gasteiger partial charge in [-0.15, -0.1) is 0 Å². The van der Waals surface area contributed by atoms with Gasteiger partial charge in [-0.25, -0.2) is 0 Å². The van der Waals surface area contributed by atoms with Gasteiger partial charge in [-0.2, -0.15) is 0 Å². The number of benzene rings is 1. The molecule has 0 saturated carbocycles. The molecule has 1 rings (SSSR count). The van der Waals surface area contributed by atoms with E-state index in [0.29, 0.717) is 5.71 Å². The lowest BCUT2D eigenvalue weighted by atomic mass is 9.88. The van der Waals surface area contributed by atoms with E-state index in [1.165, 1.54) is 0 Å². The minimum Gasteiger partial charge on any atom is -0.346 e. The van der Waals surface area contributed by atoms with Crippen LogP contribution in [0.3, 0.4) is 0 Å². The van der Waals surface area contributed by atoms with Gasteiger partial charge in [-0.3, -0.25) is 9.79 Å². The zero-order valence-electron chi connectivity index (χ0n) is 14.3. The molecule has 0 heterocycles. The molecule has 0 aromatic heterocycles. The van der Waals surface area contributed by atoms with Crippen molar-refractivity contribution in [3.63, 3.8) is 0 Å². The fourth-order valence-electron chi connectivity index (χ4n) is 1.99. The molecule has 0 radical (unpaired) electrons. The number of rotatable bonds is 3. The van der Waals surface area contributed by atoms with Gasteiger partial charge in [0.05, 0.1) is 6.04 Å². The highest BCUT2D eigenvalue weighted by atomic mass is 16.2. The summed E-state index contributed by atoms with van der Waals surface area (Å²) in [6.45, 7) is 14.0. The highest BCUT2D eigenvalue weighted by Gasteiger charge is 2.29. The molecule has 3 nitrogen and oxygen atoms in total. The van der Waals surface area contributed by atoms with Crippen LogP contribution in [0.15, 0.2) is 35.3 Å². The summed E-state index contributed by atoms with van der Waals surface area (Å²) in [4.78, 5) is 17.2. The second-order valence-corrected chi connectivity index (χ2v) is 7.52. The van der Waals surface area contributed by atoms with Gasteiger partial charge in [0.15, 0.2) is 0 Å². The second kappa shape index (κ2) is 6.42. The minimum absolute atomic E-state index is 0.0360. The van der Waals surface area contributed by atoms with Crippen LogP contribution in [0.2, 0.25) is 0 Å². The van der Waals surface area contributed by atoms with E-state index < -0.39 is 0 Å². The van der Waals surface area contributed by atoms with E-state index in [9.17, 15) is 4.79 Å². The number of carbonyl (C=O) groups excluding carboxylic acids is 1. The average molecular weight is 288 g/mol. The molecule has 3 heteroatoms. The first kappa shape index (κ1) is 17.4. The number of amides is 1. The van der Waals surface area contributed by atoms with Crippen LogP contribution >= 0.6 is 0 Å². The Labute approximate surface area is 128 Å².